The molecule has 1 aliphatic heterocycles. The van der Waals surface area contributed by atoms with Crippen molar-refractivity contribution in [3.05, 3.63) is 22.6 Å². The third-order valence-corrected chi connectivity index (χ3v) is 4.66. The van der Waals surface area contributed by atoms with Gasteiger partial charge in [-0.05, 0) is 40.8 Å². The molecule has 0 spiro atoms. The van der Waals surface area contributed by atoms with Crippen molar-refractivity contribution in [3.8, 4) is 0 Å². The van der Waals surface area contributed by atoms with Crippen LogP contribution in [0.5, 0.6) is 0 Å². The molecule has 0 N–H and O–H groups in total. The van der Waals surface area contributed by atoms with Gasteiger partial charge >= 0.3 is 0 Å². The Morgan fingerprint density at radius 2 is 2.04 bits per heavy atom. The maximum Gasteiger partial charge on any atom is 0.227 e. The smallest absolute Gasteiger partial charge is 0.227 e. The summed E-state index contributed by atoms with van der Waals surface area (Å²) in [7, 11) is 1.87. The summed E-state index contributed by atoms with van der Waals surface area (Å²) in [6.07, 6.45) is 3.51. The van der Waals surface area contributed by atoms with Crippen LogP contribution in [0.1, 0.15) is 33.6 Å². The summed E-state index contributed by atoms with van der Waals surface area (Å²) >= 11 is 3.23. The molecule has 23 heavy (non-hydrogen) atoms. The first-order valence-electron chi connectivity index (χ1n) is 8.00. The van der Waals surface area contributed by atoms with Gasteiger partial charge in [0.25, 0.3) is 0 Å². The average Bonchev–Trinajstić information content (AvgIpc) is 2.46. The lowest BCUT2D eigenvalue weighted by Gasteiger charge is -2.36. The third kappa shape index (κ3) is 4.66. The second kappa shape index (κ2) is 7.16. The quantitative estimate of drug-likeness (QED) is 0.795. The van der Waals surface area contributed by atoms with E-state index in [1.807, 2.05) is 37.6 Å². The van der Waals surface area contributed by atoms with Crippen molar-refractivity contribution >= 4 is 27.7 Å². The molecule has 6 heteroatoms. The van der Waals surface area contributed by atoms with Crippen LogP contribution in [0.4, 0.5) is 10.2 Å². The Bertz CT molecular complexity index is 565. The molecule has 2 heterocycles. The normalized spacial score (nSPS) is 16.5. The molecule has 0 radical (unpaired) electrons. The molecule has 0 aromatic carbocycles. The highest BCUT2D eigenvalue weighted by atomic mass is 79.9. The van der Waals surface area contributed by atoms with Crippen LogP contribution < -0.4 is 4.90 Å². The molecule has 128 valence electrons. The van der Waals surface area contributed by atoms with Crippen molar-refractivity contribution in [2.45, 2.75) is 33.6 Å². The number of carbonyl (C=O) groups excluding carboxylic acids is 1. The van der Waals surface area contributed by atoms with Crippen molar-refractivity contribution < 1.29 is 9.18 Å². The first kappa shape index (κ1) is 18.2. The molecule has 1 aromatic rings. The van der Waals surface area contributed by atoms with Crippen LogP contribution >= 0.6 is 15.9 Å². The first-order valence-corrected chi connectivity index (χ1v) is 8.79. The topological polar surface area (TPSA) is 36.4 Å². The molecular formula is C17H25BrFN3O. The first-order chi connectivity index (χ1) is 10.7. The Labute approximate surface area is 146 Å². The summed E-state index contributed by atoms with van der Waals surface area (Å²) in [5.74, 6) is 0.755. The van der Waals surface area contributed by atoms with E-state index in [0.717, 1.165) is 32.5 Å². The molecule has 0 atom stereocenters. The van der Waals surface area contributed by atoms with Gasteiger partial charge in [-0.25, -0.2) is 9.37 Å². The lowest BCUT2D eigenvalue weighted by atomic mass is 9.92. The number of nitrogens with zero attached hydrogens (tertiary/aromatic N) is 3. The zero-order chi connectivity index (χ0) is 17.2. The molecule has 4 nitrogen and oxygen atoms in total. The number of anilines is 1. The SMILES string of the molecule is CN(CC1CCN(c2ncc(Br)cc2F)CC1)C(=O)C(C)(C)C. The van der Waals surface area contributed by atoms with Crippen LogP contribution in [0.15, 0.2) is 16.7 Å². The highest BCUT2D eigenvalue weighted by molar-refractivity contribution is 9.10. The van der Waals surface area contributed by atoms with Crippen molar-refractivity contribution in [2.24, 2.45) is 11.3 Å². The molecule has 0 saturated carbocycles. The fourth-order valence-corrected chi connectivity index (χ4v) is 3.31. The van der Waals surface area contributed by atoms with Gasteiger partial charge in [-0.3, -0.25) is 4.79 Å². The standard InChI is InChI=1S/C17H25BrFN3O/c1-17(2,3)16(23)21(4)11-12-5-7-22(8-6-12)15-14(19)9-13(18)10-20-15/h9-10,12H,5-8,11H2,1-4H3. The molecule has 1 fully saturated rings. The lowest BCUT2D eigenvalue weighted by molar-refractivity contribution is -0.138. The maximum absolute atomic E-state index is 14.0. The minimum absolute atomic E-state index is 0.167. The van der Waals surface area contributed by atoms with E-state index in [4.69, 9.17) is 0 Å². The molecule has 0 unspecified atom stereocenters. The van der Waals surface area contributed by atoms with Crippen molar-refractivity contribution in [2.75, 3.05) is 31.6 Å². The van der Waals surface area contributed by atoms with Gasteiger partial charge in [0.05, 0.1) is 0 Å². The molecule has 1 aromatic heterocycles. The van der Waals surface area contributed by atoms with E-state index in [1.165, 1.54) is 6.07 Å². The van der Waals surface area contributed by atoms with E-state index in [1.54, 1.807) is 6.20 Å². The summed E-state index contributed by atoms with van der Waals surface area (Å²) in [6.45, 7) is 8.13. The van der Waals surface area contributed by atoms with Crippen LogP contribution in [-0.4, -0.2) is 42.5 Å². The number of rotatable bonds is 3. The van der Waals surface area contributed by atoms with Crippen LogP contribution in [0.3, 0.4) is 0 Å². The number of aromatic nitrogens is 1. The Balaban J connectivity index is 1.90. The molecule has 1 saturated heterocycles. The zero-order valence-corrected chi connectivity index (χ0v) is 15.9. The van der Waals surface area contributed by atoms with Gasteiger partial charge in [0.2, 0.25) is 5.91 Å². The summed E-state index contributed by atoms with van der Waals surface area (Å²) in [6, 6.07) is 1.45. The molecule has 2 rings (SSSR count). The highest BCUT2D eigenvalue weighted by Gasteiger charge is 2.28. The summed E-state index contributed by atoms with van der Waals surface area (Å²) in [5.41, 5.74) is -0.347. The molecule has 1 amide bonds. The van der Waals surface area contributed by atoms with Crippen LogP contribution in [0, 0.1) is 17.2 Å². The maximum atomic E-state index is 14.0. The Kier molecular flexibility index (Phi) is 5.65. The van der Waals surface area contributed by atoms with Crippen molar-refractivity contribution in [1.29, 1.82) is 0 Å². The zero-order valence-electron chi connectivity index (χ0n) is 14.3. The van der Waals surface area contributed by atoms with E-state index < -0.39 is 0 Å². The number of hydrogen-bond acceptors (Lipinski definition) is 3. The van der Waals surface area contributed by atoms with E-state index in [-0.39, 0.29) is 17.1 Å². The number of carbonyl (C=O) groups is 1. The number of piperidine rings is 1. The second-order valence-electron chi connectivity index (χ2n) is 7.33. The minimum Gasteiger partial charge on any atom is -0.354 e. The molecular weight excluding hydrogens is 361 g/mol. The predicted molar refractivity (Wildman–Crippen MR) is 93.9 cm³/mol. The van der Waals surface area contributed by atoms with Gasteiger partial charge < -0.3 is 9.80 Å². The van der Waals surface area contributed by atoms with E-state index in [0.29, 0.717) is 16.2 Å². The van der Waals surface area contributed by atoms with E-state index in [9.17, 15) is 9.18 Å². The Morgan fingerprint density at radius 1 is 1.43 bits per heavy atom. The number of halogens is 2. The highest BCUT2D eigenvalue weighted by Crippen LogP contribution is 2.26. The summed E-state index contributed by atoms with van der Waals surface area (Å²) < 4.78 is 14.6. The summed E-state index contributed by atoms with van der Waals surface area (Å²) in [4.78, 5) is 20.3. The largest absolute Gasteiger partial charge is 0.354 e. The molecule has 0 aliphatic carbocycles. The minimum atomic E-state index is -0.347. The molecule has 0 bridgehead atoms. The van der Waals surface area contributed by atoms with Gasteiger partial charge in [-0.2, -0.15) is 0 Å². The lowest BCUT2D eigenvalue weighted by Crippen LogP contribution is -2.43. The van der Waals surface area contributed by atoms with Crippen LogP contribution in [-0.2, 0) is 4.79 Å². The average molecular weight is 386 g/mol. The monoisotopic (exact) mass is 385 g/mol. The Hall–Kier alpha value is -1.17. The fraction of sp³-hybridized carbons (Fsp3) is 0.647. The van der Waals surface area contributed by atoms with Crippen LogP contribution in [0.2, 0.25) is 0 Å². The van der Waals surface area contributed by atoms with Gasteiger partial charge in [0.15, 0.2) is 11.6 Å². The second-order valence-corrected chi connectivity index (χ2v) is 8.24. The summed E-state index contributed by atoms with van der Waals surface area (Å²) in [5, 5.41) is 0. The van der Waals surface area contributed by atoms with Crippen molar-refractivity contribution in [3.63, 3.8) is 0 Å². The van der Waals surface area contributed by atoms with E-state index >= 15 is 0 Å². The van der Waals surface area contributed by atoms with Gasteiger partial charge in [0.1, 0.15) is 0 Å². The van der Waals surface area contributed by atoms with E-state index in [2.05, 4.69) is 20.9 Å². The number of pyridine rings is 1. The Morgan fingerprint density at radius 3 is 2.57 bits per heavy atom. The number of hydrogen-bond donors (Lipinski definition) is 0. The van der Waals surface area contributed by atoms with Gasteiger partial charge in [0, 0.05) is 42.8 Å². The fourth-order valence-electron chi connectivity index (χ4n) is 3.01. The van der Waals surface area contributed by atoms with Crippen molar-refractivity contribution in [1.82, 2.24) is 9.88 Å². The van der Waals surface area contributed by atoms with Crippen LogP contribution in [0.25, 0.3) is 0 Å². The predicted octanol–water partition coefficient (Wildman–Crippen LogP) is 3.70. The van der Waals surface area contributed by atoms with Gasteiger partial charge in [-0.1, -0.05) is 20.8 Å². The molecule has 1 aliphatic rings. The third-order valence-electron chi connectivity index (χ3n) is 4.22. The van der Waals surface area contributed by atoms with Gasteiger partial charge in [-0.15, -0.1) is 0 Å². The number of amides is 1.